The monoisotopic (exact) mass is 774 g/mol. The lowest BCUT2D eigenvalue weighted by Crippen LogP contribution is -2.42. The first-order chi connectivity index (χ1) is 24.9. The predicted octanol–water partition coefficient (Wildman–Crippen LogP) is 2.28. The van der Waals surface area contributed by atoms with Crippen LogP contribution in [0.15, 0.2) is 53.4 Å². The summed E-state index contributed by atoms with van der Waals surface area (Å²) in [4.78, 5) is 61.3. The molecule has 1 aliphatic rings. The second-order valence-corrected chi connectivity index (χ2v) is 13.9. The normalized spacial score (nSPS) is 12.1. The third-order valence-corrected chi connectivity index (χ3v) is 10.1. The van der Waals surface area contributed by atoms with Gasteiger partial charge in [0, 0.05) is 24.2 Å². The van der Waals surface area contributed by atoms with E-state index < -0.39 is 62.6 Å². The van der Waals surface area contributed by atoms with Crippen molar-refractivity contribution in [2.75, 3.05) is 31.7 Å². The number of anilines is 1. The number of rotatable bonds is 14. The molecule has 0 bridgehead atoms. The van der Waals surface area contributed by atoms with Crippen molar-refractivity contribution in [3.8, 4) is 22.1 Å². The second kappa shape index (κ2) is 15.1. The first-order valence-corrected chi connectivity index (χ1v) is 17.3. The molecule has 2 amide bonds. The summed E-state index contributed by atoms with van der Waals surface area (Å²) in [5.74, 6) is -1.01. The third-order valence-electron chi connectivity index (χ3n) is 7.11. The molecule has 0 radical (unpaired) electrons. The first kappa shape index (κ1) is 35.8. The molecule has 0 saturated heterocycles. The van der Waals surface area contributed by atoms with Gasteiger partial charge in [-0.15, -0.1) is 10.2 Å². The van der Waals surface area contributed by atoms with Gasteiger partial charge in [0.05, 0.1) is 16.8 Å². The van der Waals surface area contributed by atoms with Crippen molar-refractivity contribution in [3.05, 3.63) is 69.8 Å². The summed E-state index contributed by atoms with van der Waals surface area (Å²) in [5.41, 5.74) is 0.478. The van der Waals surface area contributed by atoms with Crippen LogP contribution in [-0.2, 0) is 37.5 Å². The van der Waals surface area contributed by atoms with E-state index >= 15 is 0 Å². The van der Waals surface area contributed by atoms with Gasteiger partial charge in [0.15, 0.2) is 33.5 Å². The number of nitrogens with zero attached hydrogens (tertiary/aromatic N) is 8. The number of nitro groups is 1. The van der Waals surface area contributed by atoms with Crippen LogP contribution in [0.25, 0.3) is 21.7 Å². The van der Waals surface area contributed by atoms with Gasteiger partial charge in [0.25, 0.3) is 15.7 Å². The van der Waals surface area contributed by atoms with E-state index in [1.54, 1.807) is 18.2 Å². The van der Waals surface area contributed by atoms with Gasteiger partial charge < -0.3 is 28.8 Å². The third kappa shape index (κ3) is 8.12. The van der Waals surface area contributed by atoms with Gasteiger partial charge in [-0.25, -0.2) is 32.9 Å². The zero-order valence-corrected chi connectivity index (χ0v) is 28.6. The van der Waals surface area contributed by atoms with Crippen LogP contribution in [0.5, 0.6) is 11.5 Å². The van der Waals surface area contributed by atoms with Crippen LogP contribution in [-0.4, -0.2) is 97.5 Å². The van der Waals surface area contributed by atoms with Crippen molar-refractivity contribution >= 4 is 73.6 Å². The number of imidazole rings is 1. The fraction of sp³-hybridized carbons (Fsp3) is 0.214. The summed E-state index contributed by atoms with van der Waals surface area (Å²) in [6.07, 6.45) is 1.50. The van der Waals surface area contributed by atoms with Crippen LogP contribution in [0.2, 0.25) is 5.02 Å². The molecule has 2 aromatic carbocycles. The molecule has 5 aromatic rings. The lowest BCUT2D eigenvalue weighted by atomic mass is 10.2. The molecular weight excluding hydrogens is 752 g/mol. The number of carbonyl (C=O) groups excluding carboxylic acids is 2. The Morgan fingerprint density at radius 2 is 1.92 bits per heavy atom. The number of amides is 2. The average molecular weight is 775 g/mol. The molecule has 270 valence electrons. The van der Waals surface area contributed by atoms with Gasteiger partial charge in [0.2, 0.25) is 17.0 Å². The van der Waals surface area contributed by atoms with Crippen molar-refractivity contribution in [1.29, 1.82) is 0 Å². The molecule has 4 heterocycles. The molecule has 1 aliphatic heterocycles. The van der Waals surface area contributed by atoms with E-state index in [2.05, 4.69) is 35.2 Å². The Balaban J connectivity index is 1.07. The fourth-order valence-corrected chi connectivity index (χ4v) is 7.00. The number of carboxylic acids is 1. The largest absolute Gasteiger partial charge is 0.480 e. The minimum Gasteiger partial charge on any atom is -0.480 e. The van der Waals surface area contributed by atoms with E-state index in [0.717, 1.165) is 17.3 Å². The Kier molecular flexibility index (Phi) is 10.4. The molecule has 0 unspecified atom stereocenters. The number of carbonyl (C=O) groups is 3. The molecule has 0 atom stereocenters. The number of aliphatic carboxylic acids is 1. The number of aromatic nitrogens is 6. The van der Waals surface area contributed by atoms with Crippen molar-refractivity contribution in [2.24, 2.45) is 0 Å². The van der Waals surface area contributed by atoms with Crippen LogP contribution in [0.4, 0.5) is 16.3 Å². The lowest BCUT2D eigenvalue weighted by Gasteiger charge is -2.21. The maximum absolute atomic E-state index is 13.2. The zero-order chi connectivity index (χ0) is 37.0. The van der Waals surface area contributed by atoms with Crippen LogP contribution in [0.3, 0.4) is 0 Å². The van der Waals surface area contributed by atoms with E-state index in [-0.39, 0.29) is 52.5 Å². The Bertz CT molecular complexity index is 2320. The molecule has 0 spiro atoms. The smallest absolute Gasteiger partial charge is 0.413 e. The molecule has 3 aromatic heterocycles. The van der Waals surface area contributed by atoms with Gasteiger partial charge in [-0.3, -0.25) is 25.0 Å². The SMILES string of the molecule is O=C(O)CN(CCNS(=O)(=O)c1nnc(-c2ccc(Cl)cc2[N+](=O)[O-])s1)C(=O)Cn1cnc2c(NC(=O)OCc3ccc4c(c3)OCO4)ncnc21. The number of ether oxygens (including phenoxy) is 3. The number of fused-ring (bicyclic) bond motifs is 2. The molecule has 0 aliphatic carbocycles. The van der Waals surface area contributed by atoms with Crippen molar-refractivity contribution in [1.82, 2.24) is 39.3 Å². The number of nitro benzene ring substituents is 1. The summed E-state index contributed by atoms with van der Waals surface area (Å²) in [6, 6.07) is 8.85. The van der Waals surface area contributed by atoms with Gasteiger partial charge in [-0.1, -0.05) is 29.0 Å². The van der Waals surface area contributed by atoms with Crippen molar-refractivity contribution in [2.45, 2.75) is 17.5 Å². The topological polar surface area (TPSA) is 273 Å². The molecule has 0 saturated carbocycles. The van der Waals surface area contributed by atoms with Gasteiger partial charge >= 0.3 is 12.1 Å². The Morgan fingerprint density at radius 1 is 1.12 bits per heavy atom. The highest BCUT2D eigenvalue weighted by Gasteiger charge is 2.26. The molecule has 21 nitrogen and oxygen atoms in total. The summed E-state index contributed by atoms with van der Waals surface area (Å²) in [6.45, 7) is -2.02. The number of benzene rings is 2. The van der Waals surface area contributed by atoms with Crippen LogP contribution in [0, 0.1) is 10.1 Å². The molecule has 52 heavy (non-hydrogen) atoms. The van der Waals surface area contributed by atoms with Crippen LogP contribution >= 0.6 is 22.9 Å². The minimum atomic E-state index is -4.33. The highest BCUT2D eigenvalue weighted by Crippen LogP contribution is 2.35. The summed E-state index contributed by atoms with van der Waals surface area (Å²) in [7, 11) is -4.33. The number of carboxylic acid groups (broad SMARTS) is 1. The van der Waals surface area contributed by atoms with E-state index in [1.165, 1.54) is 23.0 Å². The number of nitrogens with one attached hydrogen (secondary N) is 2. The summed E-state index contributed by atoms with van der Waals surface area (Å²) in [5, 5.41) is 30.8. The van der Waals surface area contributed by atoms with Gasteiger partial charge in [0.1, 0.15) is 26.0 Å². The van der Waals surface area contributed by atoms with E-state index in [0.29, 0.717) is 28.4 Å². The summed E-state index contributed by atoms with van der Waals surface area (Å²) >= 11 is 6.41. The fourth-order valence-electron chi connectivity index (χ4n) is 4.74. The zero-order valence-electron chi connectivity index (χ0n) is 26.2. The molecule has 6 rings (SSSR count). The minimum absolute atomic E-state index is 0.00401. The summed E-state index contributed by atoms with van der Waals surface area (Å²) < 4.78 is 44.7. The first-order valence-electron chi connectivity index (χ1n) is 14.6. The molecular formula is C28H23ClN10O11S2. The van der Waals surface area contributed by atoms with Crippen molar-refractivity contribution in [3.63, 3.8) is 0 Å². The van der Waals surface area contributed by atoms with E-state index in [4.69, 9.17) is 25.8 Å². The number of hydrogen-bond acceptors (Lipinski definition) is 16. The highest BCUT2D eigenvalue weighted by molar-refractivity contribution is 7.91. The lowest BCUT2D eigenvalue weighted by molar-refractivity contribution is -0.384. The maximum Gasteiger partial charge on any atom is 0.413 e. The molecule has 0 fully saturated rings. The van der Waals surface area contributed by atoms with E-state index in [1.807, 2.05) is 0 Å². The highest BCUT2D eigenvalue weighted by atomic mass is 35.5. The van der Waals surface area contributed by atoms with Gasteiger partial charge in [-0.2, -0.15) is 0 Å². The molecule has 24 heteroatoms. The quantitative estimate of drug-likeness (QED) is 0.108. The van der Waals surface area contributed by atoms with E-state index in [9.17, 15) is 38.0 Å². The Labute approximate surface area is 300 Å². The standard InChI is InChI=1S/C28H23ClN10O11S2/c29-16-2-3-17(18(8-16)39(44)45)26-35-36-28(51-26)52(46,47)33-5-6-37(10-22(41)42)21(40)9-38-13-32-23-24(30-12-31-25(23)38)34-27(43)48-11-15-1-4-19-20(7-15)50-14-49-19/h1-4,7-8,12-13,33H,5-6,9-11,14H2,(H,41,42)(H,30,31,34,43). The number of hydrogen-bond donors (Lipinski definition) is 3. The second-order valence-electron chi connectivity index (χ2n) is 10.6. The van der Waals surface area contributed by atoms with Crippen LogP contribution < -0.4 is 19.5 Å². The van der Waals surface area contributed by atoms with Crippen molar-refractivity contribution < 1.29 is 47.0 Å². The van der Waals surface area contributed by atoms with Gasteiger partial charge in [-0.05, 0) is 29.8 Å². The Hall–Kier alpha value is -6.04. The maximum atomic E-state index is 13.2. The number of sulfonamides is 1. The molecule has 3 N–H and O–H groups in total. The average Bonchev–Trinajstić information content (AvgIpc) is 3.88. The number of halogens is 1. The van der Waals surface area contributed by atoms with Crippen LogP contribution in [0.1, 0.15) is 5.56 Å². The Morgan fingerprint density at radius 3 is 2.71 bits per heavy atom. The predicted molar refractivity (Wildman–Crippen MR) is 178 cm³/mol.